The van der Waals surface area contributed by atoms with Gasteiger partial charge >= 0.3 is 0 Å². The molecule has 0 unspecified atom stereocenters. The second-order valence-corrected chi connectivity index (χ2v) is 5.01. The van der Waals surface area contributed by atoms with Crippen molar-refractivity contribution in [2.75, 3.05) is 46.6 Å². The predicted octanol–water partition coefficient (Wildman–Crippen LogP) is 1.64. The molecule has 0 aliphatic rings. The normalized spacial score (nSPS) is 10.8. The Morgan fingerprint density at radius 2 is 1.95 bits per heavy atom. The molecule has 1 aromatic rings. The minimum atomic E-state index is 0.520. The Hall–Kier alpha value is -0.810. The molecule has 0 amide bonds. The van der Waals surface area contributed by atoms with Crippen molar-refractivity contribution in [3.8, 4) is 5.75 Å². The lowest BCUT2D eigenvalue weighted by Gasteiger charge is -2.09. The first-order chi connectivity index (χ1) is 9.74. The van der Waals surface area contributed by atoms with Crippen LogP contribution >= 0.6 is 11.6 Å². The summed E-state index contributed by atoms with van der Waals surface area (Å²) in [6.07, 6.45) is 1.07. The number of quaternary nitrogens is 1. The molecular weight excluding hydrogens is 278 g/mol. The molecule has 114 valence electrons. The Balaban J connectivity index is 1.97. The summed E-state index contributed by atoms with van der Waals surface area (Å²) in [7, 11) is 1.73. The fraction of sp³-hybridized carbons (Fsp3) is 0.600. The first-order valence-corrected chi connectivity index (χ1v) is 7.39. The van der Waals surface area contributed by atoms with Crippen LogP contribution in [-0.4, -0.2) is 46.6 Å². The third-order valence-corrected chi connectivity index (χ3v) is 3.09. The van der Waals surface area contributed by atoms with Gasteiger partial charge in [0.25, 0.3) is 0 Å². The van der Waals surface area contributed by atoms with E-state index < -0.39 is 0 Å². The summed E-state index contributed by atoms with van der Waals surface area (Å²) in [4.78, 5) is 0. The molecule has 0 aromatic heterocycles. The number of nitrogens with two attached hydrogens (primary N) is 1. The van der Waals surface area contributed by atoms with Crippen LogP contribution in [-0.2, 0) is 9.47 Å². The van der Waals surface area contributed by atoms with Crippen LogP contribution in [0.1, 0.15) is 12.0 Å². The molecule has 0 saturated carbocycles. The molecule has 2 N–H and O–H groups in total. The van der Waals surface area contributed by atoms with Crippen LogP contribution < -0.4 is 10.1 Å². The zero-order valence-electron chi connectivity index (χ0n) is 12.4. The average Bonchev–Trinajstić information content (AvgIpc) is 2.43. The summed E-state index contributed by atoms with van der Waals surface area (Å²) in [5, 5.41) is 2.88. The van der Waals surface area contributed by atoms with Crippen molar-refractivity contribution in [1.29, 1.82) is 0 Å². The van der Waals surface area contributed by atoms with Gasteiger partial charge in [-0.3, -0.25) is 0 Å². The molecule has 5 heteroatoms. The van der Waals surface area contributed by atoms with Crippen molar-refractivity contribution in [2.45, 2.75) is 13.3 Å². The highest BCUT2D eigenvalue weighted by Gasteiger charge is 2.01. The predicted molar refractivity (Wildman–Crippen MR) is 80.7 cm³/mol. The summed E-state index contributed by atoms with van der Waals surface area (Å²) < 4.78 is 16.0. The minimum absolute atomic E-state index is 0.520. The molecule has 0 aliphatic heterocycles. The monoisotopic (exact) mass is 302 g/mol. The zero-order valence-corrected chi connectivity index (χ0v) is 13.1. The van der Waals surface area contributed by atoms with Crippen molar-refractivity contribution in [3.63, 3.8) is 0 Å². The number of benzene rings is 1. The molecule has 0 heterocycles. The maximum absolute atomic E-state index is 6.07. The number of ether oxygens (including phenoxy) is 3. The summed E-state index contributed by atoms with van der Waals surface area (Å²) in [6, 6.07) is 5.77. The summed E-state index contributed by atoms with van der Waals surface area (Å²) >= 11 is 6.07. The van der Waals surface area contributed by atoms with E-state index in [4.69, 9.17) is 25.8 Å². The molecule has 20 heavy (non-hydrogen) atoms. The van der Waals surface area contributed by atoms with Crippen LogP contribution in [0.2, 0.25) is 5.02 Å². The second kappa shape index (κ2) is 10.9. The van der Waals surface area contributed by atoms with Crippen LogP contribution in [0.3, 0.4) is 0 Å². The number of rotatable bonds is 11. The van der Waals surface area contributed by atoms with Crippen LogP contribution in [0.5, 0.6) is 5.75 Å². The van der Waals surface area contributed by atoms with E-state index in [0.717, 1.165) is 38.3 Å². The van der Waals surface area contributed by atoms with Crippen molar-refractivity contribution in [2.24, 2.45) is 0 Å². The largest absolute Gasteiger partial charge is 0.490 e. The lowest BCUT2D eigenvalue weighted by atomic mass is 10.2. The third-order valence-electron chi connectivity index (χ3n) is 2.80. The van der Waals surface area contributed by atoms with E-state index in [0.29, 0.717) is 24.0 Å². The van der Waals surface area contributed by atoms with Gasteiger partial charge < -0.3 is 19.5 Å². The minimum Gasteiger partial charge on any atom is -0.490 e. The Kier molecular flexibility index (Phi) is 9.41. The molecule has 0 atom stereocenters. The Morgan fingerprint density at radius 1 is 1.10 bits per heavy atom. The fourth-order valence-electron chi connectivity index (χ4n) is 1.72. The van der Waals surface area contributed by atoms with E-state index in [1.165, 1.54) is 0 Å². The molecular formula is C15H25ClNO3+. The maximum Gasteiger partial charge on any atom is 0.138 e. The lowest BCUT2D eigenvalue weighted by molar-refractivity contribution is -0.656. The van der Waals surface area contributed by atoms with Crippen molar-refractivity contribution < 1.29 is 19.5 Å². The van der Waals surface area contributed by atoms with Gasteiger partial charge in [-0.25, -0.2) is 0 Å². The SMILES string of the molecule is COCCC[NH2+]CCOCCOc1ccc(C)cc1Cl. The van der Waals surface area contributed by atoms with Gasteiger partial charge in [-0.05, 0) is 24.6 Å². The quantitative estimate of drug-likeness (QED) is 0.632. The van der Waals surface area contributed by atoms with Crippen LogP contribution in [0.15, 0.2) is 18.2 Å². The van der Waals surface area contributed by atoms with E-state index in [9.17, 15) is 0 Å². The molecule has 0 aliphatic carbocycles. The number of methoxy groups -OCH3 is 1. The third kappa shape index (κ3) is 7.70. The van der Waals surface area contributed by atoms with Crippen molar-refractivity contribution >= 4 is 11.6 Å². The molecule has 0 saturated heterocycles. The van der Waals surface area contributed by atoms with Crippen LogP contribution in [0, 0.1) is 6.92 Å². The molecule has 1 rings (SSSR count). The van der Waals surface area contributed by atoms with E-state index in [-0.39, 0.29) is 0 Å². The molecule has 4 nitrogen and oxygen atoms in total. The highest BCUT2D eigenvalue weighted by atomic mass is 35.5. The Labute approximate surface area is 126 Å². The van der Waals surface area contributed by atoms with E-state index in [1.807, 2.05) is 25.1 Å². The molecule has 1 aromatic carbocycles. The summed E-state index contributed by atoms with van der Waals surface area (Å²) in [5.74, 6) is 0.715. The van der Waals surface area contributed by atoms with E-state index >= 15 is 0 Å². The van der Waals surface area contributed by atoms with Gasteiger partial charge in [0.15, 0.2) is 0 Å². The van der Waals surface area contributed by atoms with Gasteiger partial charge in [-0.15, -0.1) is 0 Å². The van der Waals surface area contributed by atoms with Gasteiger partial charge in [0.05, 0.1) is 37.9 Å². The van der Waals surface area contributed by atoms with Gasteiger partial charge in [-0.2, -0.15) is 0 Å². The molecule has 0 fully saturated rings. The van der Waals surface area contributed by atoms with Gasteiger partial charge in [0.1, 0.15) is 12.4 Å². The first-order valence-electron chi connectivity index (χ1n) is 7.01. The maximum atomic E-state index is 6.07. The summed E-state index contributed by atoms with van der Waals surface area (Å²) in [5.41, 5.74) is 1.13. The Morgan fingerprint density at radius 3 is 2.70 bits per heavy atom. The highest BCUT2D eigenvalue weighted by molar-refractivity contribution is 6.32. The fourth-order valence-corrected chi connectivity index (χ4v) is 2.01. The molecule has 0 radical (unpaired) electrons. The van der Waals surface area contributed by atoms with Crippen molar-refractivity contribution in [3.05, 3.63) is 28.8 Å². The van der Waals surface area contributed by atoms with Crippen molar-refractivity contribution in [1.82, 2.24) is 0 Å². The van der Waals surface area contributed by atoms with E-state index in [2.05, 4.69) is 5.32 Å². The zero-order chi connectivity index (χ0) is 14.6. The number of hydrogen-bond acceptors (Lipinski definition) is 3. The van der Waals surface area contributed by atoms with Crippen LogP contribution in [0.4, 0.5) is 0 Å². The lowest BCUT2D eigenvalue weighted by Crippen LogP contribution is -2.85. The van der Waals surface area contributed by atoms with Gasteiger partial charge in [-0.1, -0.05) is 17.7 Å². The average molecular weight is 303 g/mol. The topological polar surface area (TPSA) is 44.3 Å². The first kappa shape index (κ1) is 17.2. The van der Waals surface area contributed by atoms with E-state index in [1.54, 1.807) is 7.11 Å². The highest BCUT2D eigenvalue weighted by Crippen LogP contribution is 2.24. The molecule has 0 spiro atoms. The number of hydrogen-bond donors (Lipinski definition) is 1. The van der Waals surface area contributed by atoms with Gasteiger partial charge in [0.2, 0.25) is 0 Å². The smallest absolute Gasteiger partial charge is 0.138 e. The number of halogens is 1. The van der Waals surface area contributed by atoms with Crippen LogP contribution in [0.25, 0.3) is 0 Å². The Bertz CT molecular complexity index is 374. The summed E-state index contributed by atoms with van der Waals surface area (Å²) in [6.45, 7) is 6.70. The van der Waals surface area contributed by atoms with Gasteiger partial charge in [0, 0.05) is 13.5 Å². The standard InChI is InChI=1S/C15H24ClNO3/c1-13-4-5-15(14(16)12-13)20-11-10-19-9-7-17-6-3-8-18-2/h4-5,12,17H,3,6-11H2,1-2H3/p+1. The second-order valence-electron chi connectivity index (χ2n) is 4.61. The molecule has 0 bridgehead atoms. The number of aryl methyl sites for hydroxylation is 1.